The molecule has 1 aromatic carbocycles. The van der Waals surface area contributed by atoms with E-state index in [1.807, 2.05) is 12.1 Å². The first-order valence-electron chi connectivity index (χ1n) is 6.73. The number of nitriles is 1. The summed E-state index contributed by atoms with van der Waals surface area (Å²) in [5, 5.41) is 18.2. The van der Waals surface area contributed by atoms with E-state index in [0.717, 1.165) is 11.1 Å². The molecule has 0 saturated carbocycles. The number of carbonyl (C=O) groups is 1. The molecule has 0 radical (unpaired) electrons. The number of benzene rings is 1. The lowest BCUT2D eigenvalue weighted by Crippen LogP contribution is -2.12. The molecule has 0 atom stereocenters. The molecule has 23 heavy (non-hydrogen) atoms. The van der Waals surface area contributed by atoms with E-state index in [-0.39, 0.29) is 5.76 Å². The summed E-state index contributed by atoms with van der Waals surface area (Å²) >= 11 is 0. The van der Waals surface area contributed by atoms with Gasteiger partial charge in [0, 0.05) is 12.1 Å². The molecule has 5 heteroatoms. The average Bonchev–Trinajstić information content (AvgIpc) is 2.50. The van der Waals surface area contributed by atoms with Crippen molar-refractivity contribution in [1.82, 2.24) is 0 Å². The highest BCUT2D eigenvalue weighted by atomic mass is 16.4. The maximum atomic E-state index is 12.1. The molecule has 0 aliphatic rings. The largest absolute Gasteiger partial charge is 0.507 e. The lowest BCUT2D eigenvalue weighted by atomic mass is 10.1. The van der Waals surface area contributed by atoms with Gasteiger partial charge in [0.1, 0.15) is 17.1 Å². The van der Waals surface area contributed by atoms with Gasteiger partial charge in [-0.25, -0.2) is 4.79 Å². The highest BCUT2D eigenvalue weighted by Gasteiger charge is 2.15. The second-order valence-corrected chi connectivity index (χ2v) is 4.73. The fourth-order valence-electron chi connectivity index (χ4n) is 1.98. The van der Waals surface area contributed by atoms with Crippen molar-refractivity contribution in [3.05, 3.63) is 75.4 Å². The lowest BCUT2D eigenvalue weighted by Gasteiger charge is -2.00. The fraction of sp³-hybridized carbons (Fsp3) is 0.0556. The maximum absolute atomic E-state index is 12.1. The van der Waals surface area contributed by atoms with Crippen LogP contribution >= 0.6 is 0 Å². The van der Waals surface area contributed by atoms with Gasteiger partial charge in [-0.3, -0.25) is 4.79 Å². The van der Waals surface area contributed by atoms with Crippen molar-refractivity contribution in [1.29, 1.82) is 5.26 Å². The number of carbonyl (C=O) groups excluding carboxylic acids is 1. The highest BCUT2D eigenvalue weighted by Crippen LogP contribution is 2.16. The van der Waals surface area contributed by atoms with Crippen LogP contribution in [0.15, 0.2) is 51.7 Å². The Hall–Kier alpha value is -3.39. The molecule has 114 valence electrons. The summed E-state index contributed by atoms with van der Waals surface area (Å²) in [5.74, 6) is -0.821. The van der Waals surface area contributed by atoms with Crippen molar-refractivity contribution in [2.45, 2.75) is 6.92 Å². The number of aryl methyl sites for hydroxylation is 1. The van der Waals surface area contributed by atoms with Gasteiger partial charge in [-0.05, 0) is 36.3 Å². The summed E-state index contributed by atoms with van der Waals surface area (Å²) in [6.45, 7) is 1.51. The summed E-state index contributed by atoms with van der Waals surface area (Å²) in [5.41, 5.74) is 0.253. The van der Waals surface area contributed by atoms with Crippen LogP contribution in [0.5, 0.6) is 5.75 Å². The van der Waals surface area contributed by atoms with Crippen LogP contribution in [0.25, 0.3) is 12.2 Å². The molecular formula is C18H13NO4. The summed E-state index contributed by atoms with van der Waals surface area (Å²) in [7, 11) is 0. The zero-order valence-electron chi connectivity index (χ0n) is 12.3. The Balaban J connectivity index is 2.28. The number of allylic oxidation sites excluding steroid dienone is 2. The first-order valence-corrected chi connectivity index (χ1v) is 6.73. The van der Waals surface area contributed by atoms with Gasteiger partial charge in [-0.1, -0.05) is 24.3 Å². The Morgan fingerprint density at radius 1 is 1.26 bits per heavy atom. The van der Waals surface area contributed by atoms with E-state index in [2.05, 4.69) is 0 Å². The van der Waals surface area contributed by atoms with Crippen LogP contribution in [0.1, 0.15) is 27.2 Å². The molecule has 2 aromatic rings. The van der Waals surface area contributed by atoms with Gasteiger partial charge in [0.05, 0.1) is 6.07 Å². The van der Waals surface area contributed by atoms with Gasteiger partial charge in [-0.2, -0.15) is 5.26 Å². The van der Waals surface area contributed by atoms with E-state index in [0.29, 0.717) is 0 Å². The van der Waals surface area contributed by atoms with Crippen LogP contribution < -0.4 is 5.63 Å². The summed E-state index contributed by atoms with van der Waals surface area (Å²) in [6, 6.07) is 10.2. The molecule has 0 aliphatic heterocycles. The van der Waals surface area contributed by atoms with Crippen LogP contribution in [0.4, 0.5) is 0 Å². The summed E-state index contributed by atoms with van der Waals surface area (Å²) < 4.78 is 4.82. The molecule has 0 spiro atoms. The van der Waals surface area contributed by atoms with Crippen molar-refractivity contribution in [2.75, 3.05) is 0 Å². The number of rotatable bonds is 4. The average molecular weight is 307 g/mol. The van der Waals surface area contributed by atoms with Crippen molar-refractivity contribution in [2.24, 2.45) is 0 Å². The number of hydrogen-bond donors (Lipinski definition) is 1. The topological polar surface area (TPSA) is 91.3 Å². The Kier molecular flexibility index (Phi) is 4.90. The van der Waals surface area contributed by atoms with Gasteiger partial charge >= 0.3 is 5.63 Å². The molecular weight excluding hydrogens is 294 g/mol. The number of hydrogen-bond acceptors (Lipinski definition) is 5. The number of aromatic hydroxyl groups is 1. The minimum absolute atomic E-state index is 0.227. The van der Waals surface area contributed by atoms with Gasteiger partial charge in [0.15, 0.2) is 5.78 Å². The molecule has 5 nitrogen and oxygen atoms in total. The van der Waals surface area contributed by atoms with Crippen LogP contribution in [-0.4, -0.2) is 10.9 Å². The number of ketones is 1. The van der Waals surface area contributed by atoms with Crippen molar-refractivity contribution >= 4 is 17.9 Å². The van der Waals surface area contributed by atoms with E-state index >= 15 is 0 Å². The highest BCUT2D eigenvalue weighted by molar-refractivity contribution is 6.08. The predicted molar refractivity (Wildman–Crippen MR) is 85.8 cm³/mol. The molecule has 1 aromatic heterocycles. The van der Waals surface area contributed by atoms with E-state index in [1.54, 1.807) is 24.3 Å². The molecule has 2 rings (SSSR count). The van der Waals surface area contributed by atoms with E-state index in [1.165, 1.54) is 31.2 Å². The summed E-state index contributed by atoms with van der Waals surface area (Å²) in [4.78, 5) is 23.7. The van der Waals surface area contributed by atoms with Crippen LogP contribution in [-0.2, 0) is 0 Å². The maximum Gasteiger partial charge on any atom is 0.351 e. The first-order chi connectivity index (χ1) is 11.0. The molecule has 0 saturated heterocycles. The number of nitrogens with zero attached hydrogens (tertiary/aromatic N) is 1. The normalized spacial score (nSPS) is 11.0. The van der Waals surface area contributed by atoms with Gasteiger partial charge in [0.25, 0.3) is 0 Å². The molecule has 1 N–H and O–H groups in total. The van der Waals surface area contributed by atoms with E-state index < -0.39 is 22.7 Å². The molecule has 0 unspecified atom stereocenters. The van der Waals surface area contributed by atoms with Gasteiger partial charge in [0.2, 0.25) is 0 Å². The van der Waals surface area contributed by atoms with Crippen LogP contribution in [0.2, 0.25) is 0 Å². The summed E-state index contributed by atoms with van der Waals surface area (Å²) in [6.07, 6.45) is 5.70. The van der Waals surface area contributed by atoms with Crippen molar-refractivity contribution in [3.63, 3.8) is 0 Å². The minimum Gasteiger partial charge on any atom is -0.507 e. The first kappa shape index (κ1) is 16.0. The molecule has 1 heterocycles. The van der Waals surface area contributed by atoms with Crippen LogP contribution in [0, 0.1) is 18.3 Å². The van der Waals surface area contributed by atoms with E-state index in [4.69, 9.17) is 9.68 Å². The Morgan fingerprint density at radius 3 is 2.61 bits per heavy atom. The predicted octanol–water partition coefficient (Wildman–Crippen LogP) is 3.09. The second-order valence-electron chi connectivity index (χ2n) is 4.73. The van der Waals surface area contributed by atoms with E-state index in [9.17, 15) is 14.7 Å². The Labute approximate surface area is 132 Å². The smallest absolute Gasteiger partial charge is 0.351 e. The molecule has 0 amide bonds. The van der Waals surface area contributed by atoms with Crippen molar-refractivity contribution in [3.8, 4) is 11.8 Å². The second kappa shape index (κ2) is 7.05. The zero-order valence-corrected chi connectivity index (χ0v) is 12.3. The third kappa shape index (κ3) is 4.05. The monoisotopic (exact) mass is 307 g/mol. The van der Waals surface area contributed by atoms with Gasteiger partial charge < -0.3 is 9.52 Å². The molecule has 0 bridgehead atoms. The third-order valence-corrected chi connectivity index (χ3v) is 2.99. The van der Waals surface area contributed by atoms with Gasteiger partial charge in [-0.15, -0.1) is 0 Å². The third-order valence-electron chi connectivity index (χ3n) is 2.99. The Bertz CT molecular complexity index is 898. The zero-order chi connectivity index (χ0) is 16.8. The quantitative estimate of drug-likeness (QED) is 0.532. The lowest BCUT2D eigenvalue weighted by molar-refractivity contribution is 0.104. The Morgan fingerprint density at radius 2 is 1.96 bits per heavy atom. The SMILES string of the molecule is Cc1cc(O)c(C(=O)C=Cc2cccc(C=CC#N)c2)c(=O)o1. The standard InChI is InChI=1S/C18H13NO4/c1-12-10-16(21)17(18(22)23-12)15(20)8-7-14-5-2-4-13(11-14)6-3-9-19/h2-8,10-11,21H,1H3. The van der Waals surface area contributed by atoms with Crippen LogP contribution in [0.3, 0.4) is 0 Å². The fourth-order valence-corrected chi connectivity index (χ4v) is 1.98. The molecule has 0 aliphatic carbocycles. The molecule has 0 fully saturated rings. The minimum atomic E-state index is -0.872. The van der Waals surface area contributed by atoms with Crippen molar-refractivity contribution < 1.29 is 14.3 Å².